The van der Waals surface area contributed by atoms with E-state index in [0.29, 0.717) is 16.8 Å². The molecule has 5 nitrogen and oxygen atoms in total. The molecular weight excluding hydrogens is 276 g/mol. The summed E-state index contributed by atoms with van der Waals surface area (Å²) in [7, 11) is 1.59. The predicted octanol–water partition coefficient (Wildman–Crippen LogP) is 2.80. The van der Waals surface area contributed by atoms with Gasteiger partial charge in [0.2, 0.25) is 0 Å². The predicted molar refractivity (Wildman–Crippen MR) is 65.8 cm³/mol. The fraction of sp³-hybridized carbons (Fsp3) is 0.400. The van der Waals surface area contributed by atoms with Crippen LogP contribution >= 0.6 is 15.9 Å². The zero-order valence-corrected chi connectivity index (χ0v) is 10.7. The number of rotatable bonds is 5. The number of nitrogens with zero attached hydrogens (tertiary/aromatic N) is 1. The standard InChI is InChI=1S/C10H13BrN2O3/c1-7(6-16-2)12-9-4-3-8(11)5-10(9)13(14)15/h3-5,7,12H,6H2,1-2H3/t7-/m1/s1. The minimum atomic E-state index is -0.410. The Morgan fingerprint density at radius 2 is 2.31 bits per heavy atom. The number of methoxy groups -OCH3 is 1. The van der Waals surface area contributed by atoms with E-state index in [0.717, 1.165) is 0 Å². The second-order valence-electron chi connectivity index (χ2n) is 3.42. The average Bonchev–Trinajstić information content (AvgIpc) is 2.20. The molecule has 0 aliphatic carbocycles. The lowest BCUT2D eigenvalue weighted by atomic mass is 10.2. The summed E-state index contributed by atoms with van der Waals surface area (Å²) in [5.74, 6) is 0. The SMILES string of the molecule is COC[C@@H](C)Nc1ccc(Br)cc1[N+](=O)[O-]. The van der Waals surface area contributed by atoms with Crippen molar-refractivity contribution in [3.8, 4) is 0 Å². The van der Waals surface area contributed by atoms with Crippen molar-refractivity contribution in [1.82, 2.24) is 0 Å². The normalized spacial score (nSPS) is 12.2. The summed E-state index contributed by atoms with van der Waals surface area (Å²) in [6.07, 6.45) is 0. The number of hydrogen-bond acceptors (Lipinski definition) is 4. The summed E-state index contributed by atoms with van der Waals surface area (Å²) >= 11 is 3.20. The van der Waals surface area contributed by atoms with Crippen LogP contribution in [0.15, 0.2) is 22.7 Å². The van der Waals surface area contributed by atoms with Gasteiger partial charge in [0.05, 0.1) is 11.5 Å². The largest absolute Gasteiger partial charge is 0.383 e. The van der Waals surface area contributed by atoms with Crippen molar-refractivity contribution in [3.63, 3.8) is 0 Å². The summed E-state index contributed by atoms with van der Waals surface area (Å²) < 4.78 is 5.64. The van der Waals surface area contributed by atoms with E-state index in [1.807, 2.05) is 6.92 Å². The third-order valence-corrected chi connectivity index (χ3v) is 2.47. The second kappa shape index (κ2) is 5.81. The molecule has 0 aromatic heterocycles. The summed E-state index contributed by atoms with van der Waals surface area (Å²) in [5.41, 5.74) is 0.551. The maximum absolute atomic E-state index is 10.8. The van der Waals surface area contributed by atoms with E-state index in [9.17, 15) is 10.1 Å². The van der Waals surface area contributed by atoms with Crippen LogP contribution in [0.5, 0.6) is 0 Å². The lowest BCUT2D eigenvalue weighted by Crippen LogP contribution is -2.21. The zero-order valence-electron chi connectivity index (χ0n) is 9.07. The van der Waals surface area contributed by atoms with Gasteiger partial charge in [0.15, 0.2) is 0 Å². The lowest BCUT2D eigenvalue weighted by Gasteiger charge is -2.14. The molecule has 0 radical (unpaired) electrons. The number of nitro groups is 1. The fourth-order valence-electron chi connectivity index (χ4n) is 1.34. The van der Waals surface area contributed by atoms with Crippen LogP contribution in [0, 0.1) is 10.1 Å². The molecule has 1 aromatic rings. The van der Waals surface area contributed by atoms with Crippen LogP contribution in [-0.2, 0) is 4.74 Å². The molecule has 0 spiro atoms. The molecule has 0 saturated carbocycles. The summed E-state index contributed by atoms with van der Waals surface area (Å²) in [6.45, 7) is 2.39. The number of halogens is 1. The number of hydrogen-bond donors (Lipinski definition) is 1. The molecule has 6 heteroatoms. The van der Waals surface area contributed by atoms with Crippen LogP contribution < -0.4 is 5.32 Å². The van der Waals surface area contributed by atoms with Gasteiger partial charge in [0.25, 0.3) is 5.69 Å². The van der Waals surface area contributed by atoms with Crippen LogP contribution in [0.2, 0.25) is 0 Å². The number of nitrogens with one attached hydrogen (secondary N) is 1. The molecule has 0 aliphatic heterocycles. The van der Waals surface area contributed by atoms with Crippen LogP contribution in [-0.4, -0.2) is 24.7 Å². The first-order valence-electron chi connectivity index (χ1n) is 4.74. The Hall–Kier alpha value is -1.14. The van der Waals surface area contributed by atoms with Gasteiger partial charge in [-0.2, -0.15) is 0 Å². The first-order chi connectivity index (χ1) is 7.54. The molecule has 1 aromatic carbocycles. The molecule has 1 rings (SSSR count). The zero-order chi connectivity index (χ0) is 12.1. The van der Waals surface area contributed by atoms with Crippen molar-refractivity contribution in [2.45, 2.75) is 13.0 Å². The average molecular weight is 289 g/mol. The minimum Gasteiger partial charge on any atom is -0.383 e. The highest BCUT2D eigenvalue weighted by atomic mass is 79.9. The Labute approximate surface area is 102 Å². The van der Waals surface area contributed by atoms with Crippen molar-refractivity contribution in [2.75, 3.05) is 19.0 Å². The summed E-state index contributed by atoms with van der Waals surface area (Å²) in [5, 5.41) is 13.9. The van der Waals surface area contributed by atoms with E-state index in [1.165, 1.54) is 6.07 Å². The quantitative estimate of drug-likeness (QED) is 0.668. The van der Waals surface area contributed by atoms with Crippen molar-refractivity contribution >= 4 is 27.3 Å². The third kappa shape index (κ3) is 3.46. The molecule has 0 amide bonds. The molecule has 0 unspecified atom stereocenters. The number of ether oxygens (including phenoxy) is 1. The first kappa shape index (κ1) is 12.9. The van der Waals surface area contributed by atoms with E-state index in [1.54, 1.807) is 19.2 Å². The summed E-state index contributed by atoms with van der Waals surface area (Å²) in [6, 6.07) is 4.93. The Bertz CT molecular complexity index is 384. The van der Waals surface area contributed by atoms with Crippen LogP contribution in [0.1, 0.15) is 6.92 Å². The molecule has 0 aliphatic rings. The van der Waals surface area contributed by atoms with Gasteiger partial charge in [-0.15, -0.1) is 0 Å². The number of nitro benzene ring substituents is 1. The minimum absolute atomic E-state index is 0.0184. The van der Waals surface area contributed by atoms with Gasteiger partial charge in [-0.3, -0.25) is 10.1 Å². The van der Waals surface area contributed by atoms with E-state index < -0.39 is 4.92 Å². The highest BCUT2D eigenvalue weighted by Gasteiger charge is 2.15. The number of benzene rings is 1. The Morgan fingerprint density at radius 3 is 2.88 bits per heavy atom. The van der Waals surface area contributed by atoms with Crippen molar-refractivity contribution in [3.05, 3.63) is 32.8 Å². The van der Waals surface area contributed by atoms with Gasteiger partial charge in [-0.25, -0.2) is 0 Å². The lowest BCUT2D eigenvalue weighted by molar-refractivity contribution is -0.384. The van der Waals surface area contributed by atoms with Gasteiger partial charge in [-0.1, -0.05) is 15.9 Å². The highest BCUT2D eigenvalue weighted by Crippen LogP contribution is 2.28. The molecule has 0 heterocycles. The van der Waals surface area contributed by atoms with Gasteiger partial charge >= 0.3 is 0 Å². The van der Waals surface area contributed by atoms with Gasteiger partial charge < -0.3 is 10.1 Å². The molecule has 0 bridgehead atoms. The highest BCUT2D eigenvalue weighted by molar-refractivity contribution is 9.10. The molecule has 16 heavy (non-hydrogen) atoms. The molecule has 1 atom stereocenters. The monoisotopic (exact) mass is 288 g/mol. The van der Waals surface area contributed by atoms with E-state index in [2.05, 4.69) is 21.2 Å². The first-order valence-corrected chi connectivity index (χ1v) is 5.53. The Balaban J connectivity index is 2.90. The van der Waals surface area contributed by atoms with E-state index >= 15 is 0 Å². The topological polar surface area (TPSA) is 64.4 Å². The van der Waals surface area contributed by atoms with Crippen LogP contribution in [0.25, 0.3) is 0 Å². The molecule has 88 valence electrons. The third-order valence-electron chi connectivity index (χ3n) is 1.98. The maximum atomic E-state index is 10.8. The van der Waals surface area contributed by atoms with Gasteiger partial charge in [0.1, 0.15) is 5.69 Å². The second-order valence-corrected chi connectivity index (χ2v) is 4.33. The van der Waals surface area contributed by atoms with E-state index in [4.69, 9.17) is 4.74 Å². The summed E-state index contributed by atoms with van der Waals surface area (Å²) in [4.78, 5) is 10.4. The molecule has 0 saturated heterocycles. The van der Waals surface area contributed by atoms with E-state index in [-0.39, 0.29) is 11.7 Å². The van der Waals surface area contributed by atoms with Crippen LogP contribution in [0.3, 0.4) is 0 Å². The van der Waals surface area contributed by atoms with Gasteiger partial charge in [-0.05, 0) is 19.1 Å². The fourth-order valence-corrected chi connectivity index (χ4v) is 1.68. The Kier molecular flexibility index (Phi) is 4.70. The number of anilines is 1. The smallest absolute Gasteiger partial charge is 0.293 e. The van der Waals surface area contributed by atoms with Crippen molar-refractivity contribution in [1.29, 1.82) is 0 Å². The molecule has 1 N–H and O–H groups in total. The van der Waals surface area contributed by atoms with Crippen molar-refractivity contribution in [2.24, 2.45) is 0 Å². The van der Waals surface area contributed by atoms with Crippen molar-refractivity contribution < 1.29 is 9.66 Å². The molecule has 0 fully saturated rings. The molecular formula is C10H13BrN2O3. The maximum Gasteiger partial charge on any atom is 0.293 e. The van der Waals surface area contributed by atoms with Crippen LogP contribution in [0.4, 0.5) is 11.4 Å². The van der Waals surface area contributed by atoms with Gasteiger partial charge in [0, 0.05) is 23.7 Å². The Morgan fingerprint density at radius 1 is 1.62 bits per heavy atom.